The Morgan fingerprint density at radius 3 is 2.37 bits per heavy atom. The third-order valence-corrected chi connectivity index (χ3v) is 4.30. The second-order valence-electron chi connectivity index (χ2n) is 5.52. The van der Waals surface area contributed by atoms with Crippen LogP contribution in [0.4, 0.5) is 0 Å². The lowest BCUT2D eigenvalue weighted by molar-refractivity contribution is 0.0692. The molecule has 3 N–H and O–H groups in total. The number of nitrogens with two attached hydrogens (primary N) is 1. The van der Waals surface area contributed by atoms with Crippen molar-refractivity contribution in [1.29, 1.82) is 0 Å². The van der Waals surface area contributed by atoms with Gasteiger partial charge in [0.15, 0.2) is 0 Å². The monoisotopic (exact) mass is 261 g/mol. The van der Waals surface area contributed by atoms with Crippen LogP contribution in [0, 0.1) is 0 Å². The summed E-state index contributed by atoms with van der Waals surface area (Å²) >= 11 is 0. The molecule has 1 aliphatic carbocycles. The van der Waals surface area contributed by atoms with E-state index in [1.807, 2.05) is 0 Å². The standard InChI is InChI=1S/C14H15NO4/c15-14(3-4-14)10-8-2-6-18-11(8)9(13(16)17)7-1-5-19-12(7)10/h1-6,15H2,(H,16,17). The van der Waals surface area contributed by atoms with Crippen LogP contribution < -0.4 is 15.2 Å². The topological polar surface area (TPSA) is 81.8 Å². The molecule has 4 rings (SSSR count). The van der Waals surface area contributed by atoms with Gasteiger partial charge in [-0.25, -0.2) is 4.79 Å². The Hall–Kier alpha value is -1.75. The highest BCUT2D eigenvalue weighted by Crippen LogP contribution is 2.54. The second-order valence-corrected chi connectivity index (χ2v) is 5.52. The first-order chi connectivity index (χ1) is 9.12. The summed E-state index contributed by atoms with van der Waals surface area (Å²) in [5.74, 6) is 0.318. The Morgan fingerprint density at radius 1 is 1.11 bits per heavy atom. The Labute approximate surface area is 110 Å². The third kappa shape index (κ3) is 1.36. The maximum absolute atomic E-state index is 11.5. The largest absolute Gasteiger partial charge is 0.493 e. The molecule has 0 radical (unpaired) electrons. The molecule has 0 spiro atoms. The van der Waals surface area contributed by atoms with Gasteiger partial charge in [-0.2, -0.15) is 0 Å². The minimum atomic E-state index is -0.937. The molecule has 100 valence electrons. The van der Waals surface area contributed by atoms with E-state index in [-0.39, 0.29) is 11.1 Å². The molecule has 0 atom stereocenters. The van der Waals surface area contributed by atoms with E-state index in [0.29, 0.717) is 25.4 Å². The van der Waals surface area contributed by atoms with Crippen molar-refractivity contribution in [2.75, 3.05) is 13.2 Å². The molecule has 2 aliphatic heterocycles. The van der Waals surface area contributed by atoms with Crippen molar-refractivity contribution in [2.45, 2.75) is 31.2 Å². The highest BCUT2D eigenvalue weighted by molar-refractivity contribution is 5.95. The van der Waals surface area contributed by atoms with Gasteiger partial charge in [-0.05, 0) is 12.8 Å². The first-order valence-electron chi connectivity index (χ1n) is 6.62. The zero-order valence-corrected chi connectivity index (χ0v) is 10.5. The smallest absolute Gasteiger partial charge is 0.339 e. The van der Waals surface area contributed by atoms with Crippen LogP contribution >= 0.6 is 0 Å². The molecular weight excluding hydrogens is 246 g/mol. The number of fused-ring (bicyclic) bond motifs is 2. The first kappa shape index (κ1) is 11.1. The summed E-state index contributed by atoms with van der Waals surface area (Å²) in [7, 11) is 0. The van der Waals surface area contributed by atoms with Crippen molar-refractivity contribution in [3.05, 3.63) is 22.3 Å². The fourth-order valence-corrected chi connectivity index (χ4v) is 3.25. The van der Waals surface area contributed by atoms with E-state index in [9.17, 15) is 9.90 Å². The molecule has 1 aromatic carbocycles. The normalized spacial score (nSPS) is 21.3. The number of carbonyl (C=O) groups is 1. The molecule has 19 heavy (non-hydrogen) atoms. The minimum Gasteiger partial charge on any atom is -0.493 e. The average Bonchev–Trinajstić information content (AvgIpc) is 2.82. The fourth-order valence-electron chi connectivity index (χ4n) is 3.25. The third-order valence-electron chi connectivity index (χ3n) is 4.30. The number of benzene rings is 1. The number of rotatable bonds is 2. The second kappa shape index (κ2) is 3.42. The zero-order chi connectivity index (χ0) is 13.2. The predicted octanol–water partition coefficient (Wildman–Crippen LogP) is 1.20. The Bertz CT molecular complexity index is 569. The van der Waals surface area contributed by atoms with Gasteiger partial charge in [0.25, 0.3) is 0 Å². The molecule has 0 saturated heterocycles. The van der Waals surface area contributed by atoms with Crippen molar-refractivity contribution < 1.29 is 19.4 Å². The minimum absolute atomic E-state index is 0.285. The molecular formula is C14H15NO4. The van der Waals surface area contributed by atoms with Crippen LogP contribution in [0.15, 0.2) is 0 Å². The average molecular weight is 261 g/mol. The van der Waals surface area contributed by atoms with Gasteiger partial charge in [-0.15, -0.1) is 0 Å². The number of carboxylic acids is 1. The molecule has 0 unspecified atom stereocenters. The van der Waals surface area contributed by atoms with E-state index in [0.717, 1.165) is 41.7 Å². The summed E-state index contributed by atoms with van der Waals surface area (Å²) < 4.78 is 11.3. The fraction of sp³-hybridized carbons (Fsp3) is 0.500. The van der Waals surface area contributed by atoms with Crippen LogP contribution in [0.5, 0.6) is 11.5 Å². The number of ether oxygens (including phenoxy) is 2. The summed E-state index contributed by atoms with van der Waals surface area (Å²) in [5, 5.41) is 9.46. The molecule has 3 aliphatic rings. The van der Waals surface area contributed by atoms with Crippen LogP contribution in [-0.2, 0) is 18.4 Å². The number of aromatic carboxylic acids is 1. The van der Waals surface area contributed by atoms with Gasteiger partial charge < -0.3 is 20.3 Å². The molecule has 5 nitrogen and oxygen atoms in total. The van der Waals surface area contributed by atoms with Crippen molar-refractivity contribution in [1.82, 2.24) is 0 Å². The van der Waals surface area contributed by atoms with Crippen LogP contribution in [0.25, 0.3) is 0 Å². The number of carboxylic acid groups (broad SMARTS) is 1. The van der Waals surface area contributed by atoms with Gasteiger partial charge in [0.2, 0.25) is 0 Å². The quantitative estimate of drug-likeness (QED) is 0.836. The summed E-state index contributed by atoms with van der Waals surface area (Å²) in [4.78, 5) is 11.5. The maximum atomic E-state index is 11.5. The lowest BCUT2D eigenvalue weighted by Crippen LogP contribution is -2.22. The van der Waals surface area contributed by atoms with Gasteiger partial charge in [-0.3, -0.25) is 0 Å². The SMILES string of the molecule is NC1(c2c3c(c(C(=O)O)c4c2OCC4)OCC3)CC1. The van der Waals surface area contributed by atoms with Crippen molar-refractivity contribution in [2.24, 2.45) is 5.73 Å². The van der Waals surface area contributed by atoms with E-state index in [1.165, 1.54) is 0 Å². The van der Waals surface area contributed by atoms with Crippen LogP contribution in [-0.4, -0.2) is 24.3 Å². The van der Waals surface area contributed by atoms with E-state index in [1.54, 1.807) is 0 Å². The number of hydrogen-bond acceptors (Lipinski definition) is 4. The van der Waals surface area contributed by atoms with Crippen molar-refractivity contribution >= 4 is 5.97 Å². The highest BCUT2D eigenvalue weighted by Gasteiger charge is 2.48. The molecule has 1 aromatic rings. The summed E-state index contributed by atoms with van der Waals surface area (Å²) in [6.45, 7) is 1.06. The van der Waals surface area contributed by atoms with Crippen LogP contribution in [0.2, 0.25) is 0 Å². The summed E-state index contributed by atoms with van der Waals surface area (Å²) in [6, 6.07) is 0. The Balaban J connectivity index is 2.07. The molecule has 1 fully saturated rings. The van der Waals surface area contributed by atoms with Gasteiger partial charge in [0.1, 0.15) is 17.1 Å². The zero-order valence-electron chi connectivity index (χ0n) is 10.5. The van der Waals surface area contributed by atoms with Gasteiger partial charge in [-0.1, -0.05) is 0 Å². The lowest BCUT2D eigenvalue weighted by atomic mass is 9.89. The first-order valence-corrected chi connectivity index (χ1v) is 6.62. The lowest BCUT2D eigenvalue weighted by Gasteiger charge is -2.19. The van der Waals surface area contributed by atoms with E-state index in [4.69, 9.17) is 15.2 Å². The maximum Gasteiger partial charge on any atom is 0.339 e. The van der Waals surface area contributed by atoms with Gasteiger partial charge in [0, 0.05) is 35.1 Å². The predicted molar refractivity (Wildman–Crippen MR) is 66.9 cm³/mol. The number of hydrogen-bond donors (Lipinski definition) is 2. The van der Waals surface area contributed by atoms with Crippen LogP contribution in [0.3, 0.4) is 0 Å². The van der Waals surface area contributed by atoms with E-state index < -0.39 is 5.97 Å². The van der Waals surface area contributed by atoms with E-state index in [2.05, 4.69) is 0 Å². The summed E-state index contributed by atoms with van der Waals surface area (Å²) in [5.41, 5.74) is 9.04. The summed E-state index contributed by atoms with van der Waals surface area (Å²) in [6.07, 6.45) is 3.21. The van der Waals surface area contributed by atoms with E-state index >= 15 is 0 Å². The molecule has 5 heteroatoms. The molecule has 0 aromatic heterocycles. The molecule has 0 bridgehead atoms. The van der Waals surface area contributed by atoms with Gasteiger partial charge in [0.05, 0.1) is 13.2 Å². The van der Waals surface area contributed by atoms with Crippen molar-refractivity contribution in [3.8, 4) is 11.5 Å². The van der Waals surface area contributed by atoms with Crippen LogP contribution in [0.1, 0.15) is 39.9 Å². The highest BCUT2D eigenvalue weighted by atomic mass is 16.5. The van der Waals surface area contributed by atoms with Crippen molar-refractivity contribution in [3.63, 3.8) is 0 Å². The van der Waals surface area contributed by atoms with Gasteiger partial charge >= 0.3 is 5.97 Å². The Kier molecular flexibility index (Phi) is 2.00. The molecule has 2 heterocycles. The Morgan fingerprint density at radius 2 is 1.74 bits per heavy atom. The molecule has 0 amide bonds. The molecule has 1 saturated carbocycles.